The van der Waals surface area contributed by atoms with Crippen LogP contribution in [0.15, 0.2) is 69.8 Å². The third-order valence-electron chi connectivity index (χ3n) is 3.97. The summed E-state index contributed by atoms with van der Waals surface area (Å²) < 4.78 is 40.2. The number of aromatic nitrogens is 1. The van der Waals surface area contributed by atoms with E-state index in [-0.39, 0.29) is 14.3 Å². The van der Waals surface area contributed by atoms with Gasteiger partial charge >= 0.3 is 0 Å². The van der Waals surface area contributed by atoms with Gasteiger partial charge in [-0.25, -0.2) is 17.8 Å². The summed E-state index contributed by atoms with van der Waals surface area (Å²) in [5.41, 5.74) is 1.17. The van der Waals surface area contributed by atoms with Crippen molar-refractivity contribution in [2.24, 2.45) is 0 Å². The predicted octanol–water partition coefficient (Wildman–Crippen LogP) is 6.24. The summed E-state index contributed by atoms with van der Waals surface area (Å²) in [6.07, 6.45) is 0. The van der Waals surface area contributed by atoms with Crippen molar-refractivity contribution in [1.29, 1.82) is 0 Å². The maximum absolute atomic E-state index is 13.6. The third kappa shape index (κ3) is 3.34. The molecule has 0 fully saturated rings. The number of sulfone groups is 1. The van der Waals surface area contributed by atoms with Gasteiger partial charge in [0.15, 0.2) is 0 Å². The summed E-state index contributed by atoms with van der Waals surface area (Å²) in [6.45, 7) is 0. The smallest absolute Gasteiger partial charge is 0.216 e. The second-order valence-electron chi connectivity index (χ2n) is 5.72. The number of hydrogen-bond donors (Lipinski definition) is 0. The van der Waals surface area contributed by atoms with E-state index in [0.29, 0.717) is 26.4 Å². The van der Waals surface area contributed by atoms with Crippen molar-refractivity contribution in [2.75, 3.05) is 0 Å². The molecule has 0 N–H and O–H groups in total. The molecule has 0 unspecified atom stereocenters. The molecule has 3 nitrogen and oxygen atoms in total. The SMILES string of the molecule is O=S(=O)(c1cccc(F)c1)c1sc2nc(Cl)ccc2c1-c1ccc(Cl)cc1. The summed E-state index contributed by atoms with van der Waals surface area (Å²) in [5.74, 6) is -0.619. The predicted molar refractivity (Wildman–Crippen MR) is 107 cm³/mol. The lowest BCUT2D eigenvalue weighted by molar-refractivity contribution is 0.593. The van der Waals surface area contributed by atoms with E-state index < -0.39 is 15.7 Å². The van der Waals surface area contributed by atoms with E-state index in [2.05, 4.69) is 4.98 Å². The molecule has 136 valence electrons. The molecule has 0 aliphatic carbocycles. The monoisotopic (exact) mass is 437 g/mol. The van der Waals surface area contributed by atoms with Gasteiger partial charge in [-0.2, -0.15) is 0 Å². The normalized spacial score (nSPS) is 11.8. The van der Waals surface area contributed by atoms with Gasteiger partial charge in [-0.1, -0.05) is 41.4 Å². The standard InChI is InChI=1S/C19H10Cl2FNO2S2/c20-12-6-4-11(5-7-12)17-15-8-9-16(21)23-18(15)26-19(17)27(24,25)14-3-1-2-13(22)10-14/h1-10H. The molecule has 0 saturated carbocycles. The van der Waals surface area contributed by atoms with Crippen LogP contribution in [0, 0.1) is 5.82 Å². The van der Waals surface area contributed by atoms with E-state index in [4.69, 9.17) is 23.2 Å². The van der Waals surface area contributed by atoms with Crippen molar-refractivity contribution in [3.63, 3.8) is 0 Å². The summed E-state index contributed by atoms with van der Waals surface area (Å²) in [5, 5.41) is 1.46. The van der Waals surface area contributed by atoms with Crippen LogP contribution < -0.4 is 0 Å². The van der Waals surface area contributed by atoms with Crippen LogP contribution in [-0.4, -0.2) is 13.4 Å². The van der Waals surface area contributed by atoms with Crippen LogP contribution >= 0.6 is 34.5 Å². The molecule has 27 heavy (non-hydrogen) atoms. The zero-order valence-corrected chi connectivity index (χ0v) is 16.6. The number of pyridine rings is 1. The van der Waals surface area contributed by atoms with Gasteiger partial charge in [0.1, 0.15) is 20.0 Å². The van der Waals surface area contributed by atoms with Crippen molar-refractivity contribution >= 4 is 54.6 Å². The zero-order valence-electron chi connectivity index (χ0n) is 13.5. The lowest BCUT2D eigenvalue weighted by Gasteiger charge is -2.07. The first-order valence-corrected chi connectivity index (χ1v) is 10.8. The first-order valence-electron chi connectivity index (χ1n) is 7.72. The Bertz CT molecular complexity index is 1270. The number of benzene rings is 2. The highest BCUT2D eigenvalue weighted by atomic mass is 35.5. The lowest BCUT2D eigenvalue weighted by atomic mass is 10.1. The maximum Gasteiger partial charge on any atom is 0.216 e. The Balaban J connectivity index is 2.05. The fraction of sp³-hybridized carbons (Fsp3) is 0. The Kier molecular flexibility index (Phi) is 4.68. The molecule has 0 amide bonds. The fourth-order valence-electron chi connectivity index (χ4n) is 2.76. The zero-order chi connectivity index (χ0) is 19.2. The van der Waals surface area contributed by atoms with Gasteiger partial charge in [0.05, 0.1) is 4.90 Å². The summed E-state index contributed by atoms with van der Waals surface area (Å²) in [7, 11) is -3.96. The van der Waals surface area contributed by atoms with E-state index >= 15 is 0 Å². The van der Waals surface area contributed by atoms with Crippen molar-refractivity contribution in [3.8, 4) is 11.1 Å². The van der Waals surface area contributed by atoms with Crippen LogP contribution in [0.2, 0.25) is 10.2 Å². The minimum absolute atomic E-state index is 0.0835. The number of rotatable bonds is 3. The topological polar surface area (TPSA) is 47.0 Å². The quantitative estimate of drug-likeness (QED) is 0.356. The van der Waals surface area contributed by atoms with Crippen molar-refractivity contribution in [2.45, 2.75) is 9.10 Å². The highest BCUT2D eigenvalue weighted by molar-refractivity contribution is 7.93. The molecule has 0 aliphatic heterocycles. The van der Waals surface area contributed by atoms with Crippen LogP contribution in [0.25, 0.3) is 21.3 Å². The average Bonchev–Trinajstić information content (AvgIpc) is 3.01. The fourth-order valence-corrected chi connectivity index (χ4v) is 6.21. The summed E-state index contributed by atoms with van der Waals surface area (Å²) in [4.78, 5) is 4.62. The van der Waals surface area contributed by atoms with E-state index in [0.717, 1.165) is 17.4 Å². The first kappa shape index (κ1) is 18.4. The van der Waals surface area contributed by atoms with Gasteiger partial charge in [0.25, 0.3) is 0 Å². The van der Waals surface area contributed by atoms with E-state index in [1.54, 1.807) is 36.4 Å². The molecule has 2 heterocycles. The number of hydrogen-bond acceptors (Lipinski definition) is 4. The van der Waals surface area contributed by atoms with Crippen LogP contribution in [0.3, 0.4) is 0 Å². The molecule has 4 aromatic rings. The van der Waals surface area contributed by atoms with Crippen LogP contribution in [0.4, 0.5) is 4.39 Å². The Morgan fingerprint density at radius 1 is 0.963 bits per heavy atom. The molecule has 2 aromatic heterocycles. The molecule has 8 heteroatoms. The molecule has 2 aromatic carbocycles. The van der Waals surface area contributed by atoms with E-state index in [9.17, 15) is 12.8 Å². The molecule has 0 spiro atoms. The van der Waals surface area contributed by atoms with Gasteiger partial charge < -0.3 is 0 Å². The minimum atomic E-state index is -3.96. The van der Waals surface area contributed by atoms with Gasteiger partial charge in [0.2, 0.25) is 9.84 Å². The second-order valence-corrected chi connectivity index (χ2v) is 9.69. The lowest BCUT2D eigenvalue weighted by Crippen LogP contribution is -2.01. The largest absolute Gasteiger partial charge is 0.225 e. The molecular weight excluding hydrogens is 428 g/mol. The highest BCUT2D eigenvalue weighted by Gasteiger charge is 2.27. The highest BCUT2D eigenvalue weighted by Crippen LogP contribution is 2.43. The molecular formula is C19H10Cl2FNO2S2. The first-order chi connectivity index (χ1) is 12.9. The van der Waals surface area contributed by atoms with Crippen molar-refractivity contribution in [3.05, 3.63) is 76.7 Å². The van der Waals surface area contributed by atoms with Crippen LogP contribution in [0.1, 0.15) is 0 Å². The van der Waals surface area contributed by atoms with E-state index in [1.807, 2.05) is 0 Å². The van der Waals surface area contributed by atoms with E-state index in [1.165, 1.54) is 18.2 Å². The third-order valence-corrected chi connectivity index (χ3v) is 7.80. The van der Waals surface area contributed by atoms with Gasteiger partial charge in [-0.15, -0.1) is 11.3 Å². The molecule has 0 bridgehead atoms. The van der Waals surface area contributed by atoms with Crippen molar-refractivity contribution in [1.82, 2.24) is 4.98 Å². The maximum atomic E-state index is 13.6. The van der Waals surface area contributed by atoms with Gasteiger partial charge in [0, 0.05) is 16.0 Å². The number of halogens is 3. The Morgan fingerprint density at radius 3 is 2.41 bits per heavy atom. The van der Waals surface area contributed by atoms with Gasteiger partial charge in [-0.05, 0) is 48.0 Å². The van der Waals surface area contributed by atoms with Crippen LogP contribution in [0.5, 0.6) is 0 Å². The molecule has 4 rings (SSSR count). The average molecular weight is 438 g/mol. The summed E-state index contributed by atoms with van der Waals surface area (Å²) in [6, 6.07) is 15.1. The molecule has 0 aliphatic rings. The minimum Gasteiger partial charge on any atom is -0.225 e. The number of fused-ring (bicyclic) bond motifs is 1. The Morgan fingerprint density at radius 2 is 1.70 bits per heavy atom. The Hall–Kier alpha value is -1.99. The van der Waals surface area contributed by atoms with Crippen LogP contribution in [-0.2, 0) is 9.84 Å². The molecule has 0 saturated heterocycles. The molecule has 0 atom stereocenters. The number of thiophene rings is 1. The van der Waals surface area contributed by atoms with Crippen molar-refractivity contribution < 1.29 is 12.8 Å². The second kappa shape index (κ2) is 6.87. The summed E-state index contributed by atoms with van der Waals surface area (Å²) >= 11 is 13.0. The number of nitrogens with zero attached hydrogens (tertiary/aromatic N) is 1. The molecule has 0 radical (unpaired) electrons. The Labute approximate surface area is 168 Å². The van der Waals surface area contributed by atoms with Gasteiger partial charge in [-0.3, -0.25) is 0 Å².